The molecule has 0 spiro atoms. The summed E-state index contributed by atoms with van der Waals surface area (Å²) in [5.41, 5.74) is -0.315. The van der Waals surface area contributed by atoms with Crippen molar-refractivity contribution in [3.63, 3.8) is 0 Å². The normalized spacial score (nSPS) is 26.6. The molecule has 1 saturated carbocycles. The average molecular weight is 449 g/mol. The maximum absolute atomic E-state index is 13.7. The van der Waals surface area contributed by atoms with Crippen LogP contribution in [0.15, 0.2) is 23.2 Å². The predicted molar refractivity (Wildman–Crippen MR) is 122 cm³/mol. The number of nitrogens with zero attached hydrogens (tertiary/aromatic N) is 3. The van der Waals surface area contributed by atoms with Gasteiger partial charge in [-0.25, -0.2) is 0 Å². The molecule has 7 nitrogen and oxygen atoms in total. The molecular formula is C23H33ClN4O3. The summed E-state index contributed by atoms with van der Waals surface area (Å²) in [6.07, 6.45) is 4.22. The Morgan fingerprint density at radius 2 is 2.10 bits per heavy atom. The van der Waals surface area contributed by atoms with Crippen molar-refractivity contribution < 1.29 is 14.6 Å². The minimum Gasteiger partial charge on any atom is -0.508 e. The molecule has 0 aromatic heterocycles. The monoisotopic (exact) mass is 448 g/mol. The Morgan fingerprint density at radius 1 is 1.35 bits per heavy atom. The lowest BCUT2D eigenvalue weighted by atomic mass is 9.76. The highest BCUT2D eigenvalue weighted by Gasteiger charge is 2.55. The minimum atomic E-state index is -1.01. The number of ether oxygens (including phenoxy) is 1. The van der Waals surface area contributed by atoms with Crippen molar-refractivity contribution >= 4 is 23.8 Å². The number of phenolic OH excluding ortho intramolecular Hbond substituents is 1. The third kappa shape index (κ3) is 4.69. The molecule has 31 heavy (non-hydrogen) atoms. The first-order valence-electron chi connectivity index (χ1n) is 11.3. The van der Waals surface area contributed by atoms with Crippen LogP contribution < -0.4 is 5.32 Å². The van der Waals surface area contributed by atoms with Crippen molar-refractivity contribution in [2.75, 3.05) is 45.9 Å². The number of aromatic hydroxyl groups is 1. The zero-order chi connectivity index (χ0) is 22.0. The molecule has 2 atom stereocenters. The van der Waals surface area contributed by atoms with Gasteiger partial charge >= 0.3 is 0 Å². The van der Waals surface area contributed by atoms with Gasteiger partial charge in [-0.15, -0.1) is 0 Å². The van der Waals surface area contributed by atoms with E-state index in [1.165, 1.54) is 12.8 Å². The number of carbonyl (C=O) groups is 1. The maximum Gasteiger partial charge on any atom is 0.250 e. The number of aliphatic imine (C=N–C) groups is 1. The van der Waals surface area contributed by atoms with E-state index in [0.717, 1.165) is 39.4 Å². The fourth-order valence-corrected chi connectivity index (χ4v) is 4.84. The Kier molecular flexibility index (Phi) is 6.74. The van der Waals surface area contributed by atoms with Crippen LogP contribution in [-0.4, -0.2) is 78.6 Å². The molecule has 1 amide bonds. The van der Waals surface area contributed by atoms with Gasteiger partial charge in [0.05, 0.1) is 25.6 Å². The molecule has 0 unspecified atom stereocenters. The number of morpholine rings is 1. The standard InChI is InChI=1S/C23H33ClN4O3/c1-16(2)23(22(30)25-7-8-27-9-11-31-12-10-27)21(19-6-5-18(24)13-20(19)29)28(15-26-23)14-17-3-4-17/h5-6,13,15-17,21,29H,3-4,7-12,14H2,1-2H3,(H,25,30)/t21-,23+/m0/s1. The summed E-state index contributed by atoms with van der Waals surface area (Å²) in [5, 5.41) is 14.4. The lowest BCUT2D eigenvalue weighted by molar-refractivity contribution is -0.129. The van der Waals surface area contributed by atoms with E-state index in [4.69, 9.17) is 21.3 Å². The van der Waals surface area contributed by atoms with Crippen LogP contribution in [0.2, 0.25) is 5.02 Å². The number of nitrogens with one attached hydrogen (secondary N) is 1. The lowest BCUT2D eigenvalue weighted by Gasteiger charge is -2.39. The third-order valence-electron chi connectivity index (χ3n) is 6.68. The summed E-state index contributed by atoms with van der Waals surface area (Å²) in [6, 6.07) is 4.78. The lowest BCUT2D eigenvalue weighted by Crippen LogP contribution is -2.55. The van der Waals surface area contributed by atoms with Crippen molar-refractivity contribution in [2.24, 2.45) is 16.8 Å². The minimum absolute atomic E-state index is 0.0589. The maximum atomic E-state index is 13.7. The number of halogens is 1. The Labute approximate surface area is 189 Å². The SMILES string of the molecule is CC(C)[C@@]1(C(=O)NCCN2CCOCC2)N=CN(CC2CC2)[C@H]1c1ccc(Cl)cc1O. The molecule has 0 bridgehead atoms. The van der Waals surface area contributed by atoms with Gasteiger partial charge in [0.2, 0.25) is 0 Å². The highest BCUT2D eigenvalue weighted by atomic mass is 35.5. The second-order valence-corrected chi connectivity index (χ2v) is 9.62. The molecule has 3 aliphatic rings. The topological polar surface area (TPSA) is 77.4 Å². The van der Waals surface area contributed by atoms with Crippen LogP contribution in [0.1, 0.15) is 38.3 Å². The van der Waals surface area contributed by atoms with Gasteiger partial charge in [-0.2, -0.15) is 0 Å². The molecule has 1 saturated heterocycles. The molecular weight excluding hydrogens is 416 g/mol. The fourth-order valence-electron chi connectivity index (χ4n) is 4.68. The molecule has 2 N–H and O–H groups in total. The molecule has 8 heteroatoms. The first-order valence-corrected chi connectivity index (χ1v) is 11.7. The van der Waals surface area contributed by atoms with Crippen molar-refractivity contribution in [3.8, 4) is 5.75 Å². The number of amides is 1. The quantitative estimate of drug-likeness (QED) is 0.639. The predicted octanol–water partition coefficient (Wildman–Crippen LogP) is 2.68. The van der Waals surface area contributed by atoms with Crippen molar-refractivity contribution in [1.82, 2.24) is 15.1 Å². The summed E-state index contributed by atoms with van der Waals surface area (Å²) < 4.78 is 5.40. The summed E-state index contributed by atoms with van der Waals surface area (Å²) in [7, 11) is 0. The van der Waals surface area contributed by atoms with Crippen molar-refractivity contribution in [2.45, 2.75) is 38.3 Å². The highest BCUT2D eigenvalue weighted by Crippen LogP contribution is 2.48. The van der Waals surface area contributed by atoms with Crippen molar-refractivity contribution in [1.29, 1.82) is 0 Å². The number of carbonyl (C=O) groups excluding carboxylic acids is 1. The largest absolute Gasteiger partial charge is 0.508 e. The van der Waals surface area contributed by atoms with Crippen LogP contribution in [0, 0.1) is 11.8 Å². The van der Waals surface area contributed by atoms with Gasteiger partial charge < -0.3 is 20.1 Å². The van der Waals surface area contributed by atoms with E-state index < -0.39 is 5.54 Å². The van der Waals surface area contributed by atoms with E-state index in [-0.39, 0.29) is 23.6 Å². The first kappa shape index (κ1) is 22.4. The number of rotatable bonds is 8. The summed E-state index contributed by atoms with van der Waals surface area (Å²) in [5.74, 6) is 0.576. The van der Waals surface area contributed by atoms with Gasteiger partial charge in [0.1, 0.15) is 5.75 Å². The second-order valence-electron chi connectivity index (χ2n) is 9.18. The van der Waals surface area contributed by atoms with Gasteiger partial charge in [-0.1, -0.05) is 31.5 Å². The molecule has 1 aromatic carbocycles. The number of hydrogen-bond donors (Lipinski definition) is 2. The number of hydrogen-bond acceptors (Lipinski definition) is 6. The average Bonchev–Trinajstić information content (AvgIpc) is 3.48. The fraction of sp³-hybridized carbons (Fsp3) is 0.652. The first-order chi connectivity index (χ1) is 14.9. The Hall–Kier alpha value is -1.83. The Balaban J connectivity index is 1.57. The Bertz CT molecular complexity index is 823. The van der Waals surface area contributed by atoms with Gasteiger partial charge in [-0.05, 0) is 36.8 Å². The Morgan fingerprint density at radius 3 is 2.74 bits per heavy atom. The van der Waals surface area contributed by atoms with E-state index in [0.29, 0.717) is 23.0 Å². The van der Waals surface area contributed by atoms with E-state index in [1.807, 2.05) is 26.3 Å². The van der Waals surface area contributed by atoms with Crippen LogP contribution in [-0.2, 0) is 9.53 Å². The van der Waals surface area contributed by atoms with Gasteiger partial charge in [0, 0.05) is 43.3 Å². The van der Waals surface area contributed by atoms with Crippen LogP contribution in [0.5, 0.6) is 5.75 Å². The van der Waals surface area contributed by atoms with E-state index >= 15 is 0 Å². The smallest absolute Gasteiger partial charge is 0.250 e. The van der Waals surface area contributed by atoms with Crippen LogP contribution in [0.3, 0.4) is 0 Å². The molecule has 4 rings (SSSR count). The molecule has 2 heterocycles. The number of benzene rings is 1. The van der Waals surface area contributed by atoms with E-state index in [2.05, 4.69) is 15.1 Å². The molecule has 2 fully saturated rings. The van der Waals surface area contributed by atoms with Crippen LogP contribution in [0.4, 0.5) is 0 Å². The van der Waals surface area contributed by atoms with E-state index in [9.17, 15) is 9.90 Å². The molecule has 1 aliphatic carbocycles. The highest BCUT2D eigenvalue weighted by molar-refractivity contribution is 6.30. The summed E-state index contributed by atoms with van der Waals surface area (Å²) in [6.45, 7) is 9.50. The molecule has 2 aliphatic heterocycles. The zero-order valence-electron chi connectivity index (χ0n) is 18.4. The zero-order valence-corrected chi connectivity index (χ0v) is 19.1. The number of phenols is 1. The van der Waals surface area contributed by atoms with Gasteiger partial charge in [0.25, 0.3) is 5.91 Å². The van der Waals surface area contributed by atoms with Gasteiger partial charge in [0.15, 0.2) is 5.54 Å². The van der Waals surface area contributed by atoms with E-state index in [1.54, 1.807) is 12.1 Å². The molecule has 1 aromatic rings. The van der Waals surface area contributed by atoms with Crippen molar-refractivity contribution in [3.05, 3.63) is 28.8 Å². The second kappa shape index (κ2) is 9.35. The molecule has 0 radical (unpaired) electrons. The summed E-state index contributed by atoms with van der Waals surface area (Å²) >= 11 is 6.10. The van der Waals surface area contributed by atoms with Crippen LogP contribution >= 0.6 is 11.6 Å². The summed E-state index contributed by atoms with van der Waals surface area (Å²) in [4.78, 5) is 22.9. The van der Waals surface area contributed by atoms with Crippen LogP contribution in [0.25, 0.3) is 0 Å². The third-order valence-corrected chi connectivity index (χ3v) is 6.92. The van der Waals surface area contributed by atoms with Gasteiger partial charge in [-0.3, -0.25) is 14.7 Å². The molecule has 170 valence electrons.